The molecule has 0 bridgehead atoms. The van der Waals surface area contributed by atoms with Gasteiger partial charge in [-0.2, -0.15) is 42.4 Å². The fourth-order valence-corrected chi connectivity index (χ4v) is 8.58. The average molecular weight is 964 g/mol. The van der Waals surface area contributed by atoms with E-state index in [-0.39, 0.29) is 34.5 Å². The molecule has 18 nitrogen and oxygen atoms in total. The molecule has 0 saturated carbocycles. The lowest BCUT2D eigenvalue weighted by atomic mass is 10.1. The number of aliphatic hydroxyl groups is 1. The molecule has 0 radical (unpaired) electrons. The first-order chi connectivity index (χ1) is 33.0. The van der Waals surface area contributed by atoms with E-state index >= 15 is 0 Å². The zero-order valence-corrected chi connectivity index (χ0v) is 38.8. The number of phenols is 1. The Morgan fingerprint density at radius 1 is 0.493 bits per heavy atom. The van der Waals surface area contributed by atoms with Crippen LogP contribution in [0.5, 0.6) is 11.5 Å². The van der Waals surface area contributed by atoms with Crippen molar-refractivity contribution in [1.82, 2.24) is 0 Å². The summed E-state index contributed by atoms with van der Waals surface area (Å²) in [7, 11) is -8.02. The number of nitrogens with zero attached hydrogens (tertiary/aromatic N) is 8. The van der Waals surface area contributed by atoms with Crippen molar-refractivity contribution in [3.63, 3.8) is 0 Å². The number of aliphatic hydroxyl groups excluding tert-OH is 1. The van der Waals surface area contributed by atoms with Crippen LogP contribution in [0.1, 0.15) is 22.3 Å². The lowest BCUT2D eigenvalue weighted by Gasteiger charge is -2.10. The largest absolute Gasteiger partial charge is 0.505 e. The van der Waals surface area contributed by atoms with Gasteiger partial charge in [0.2, 0.25) is 0 Å². The highest BCUT2D eigenvalue weighted by Crippen LogP contribution is 2.41. The Morgan fingerprint density at radius 2 is 1.10 bits per heavy atom. The molecule has 348 valence electrons. The summed E-state index contributed by atoms with van der Waals surface area (Å²) < 4.78 is 73.7. The molecule has 0 aliphatic heterocycles. The molecule has 8 rings (SSSR count). The van der Waals surface area contributed by atoms with Crippen molar-refractivity contribution >= 4 is 98.7 Å². The number of hydrogen-bond acceptors (Lipinski definition) is 16. The maximum Gasteiger partial charge on any atom is 0.296 e. The molecule has 20 heteroatoms. The molecule has 8 aromatic rings. The van der Waals surface area contributed by atoms with Crippen molar-refractivity contribution in [3.8, 4) is 11.5 Å². The van der Waals surface area contributed by atoms with Gasteiger partial charge in [0.15, 0.2) is 5.75 Å². The van der Waals surface area contributed by atoms with Crippen LogP contribution >= 0.6 is 0 Å². The zero-order chi connectivity index (χ0) is 49.0. The number of anilines is 2. The minimum Gasteiger partial charge on any atom is -0.505 e. The van der Waals surface area contributed by atoms with Gasteiger partial charge in [0.25, 0.3) is 20.2 Å². The number of para-hydroxylation sites is 1. The third-order valence-corrected chi connectivity index (χ3v) is 12.6. The first-order valence-corrected chi connectivity index (χ1v) is 23.7. The van der Waals surface area contributed by atoms with Gasteiger partial charge in [-0.05, 0) is 139 Å². The molecule has 0 aliphatic carbocycles. The predicted octanol–water partition coefficient (Wildman–Crippen LogP) is 14.0. The van der Waals surface area contributed by atoms with Crippen molar-refractivity contribution in [3.05, 3.63) is 156 Å². The van der Waals surface area contributed by atoms with Gasteiger partial charge in [-0.15, -0.1) is 15.3 Å². The van der Waals surface area contributed by atoms with Gasteiger partial charge in [-0.1, -0.05) is 36.4 Å². The first kappa shape index (κ1) is 47.4. The highest BCUT2D eigenvalue weighted by atomic mass is 32.2. The molecular weight excluding hydrogens is 923 g/mol. The molecule has 0 heterocycles. The number of ether oxygens (including phenoxy) is 1. The van der Waals surface area contributed by atoms with E-state index in [9.17, 15) is 36.2 Å². The van der Waals surface area contributed by atoms with Gasteiger partial charge in [0.1, 0.15) is 32.6 Å². The number of nitrogens with one attached hydrogen (secondary N) is 1. The highest BCUT2D eigenvalue weighted by molar-refractivity contribution is 7.86. The molecule has 0 spiro atoms. The number of methoxy groups -OCH3 is 1. The maximum absolute atomic E-state index is 12.2. The van der Waals surface area contributed by atoms with Gasteiger partial charge in [-0.25, -0.2) is 0 Å². The van der Waals surface area contributed by atoms with Crippen LogP contribution < -0.4 is 10.1 Å². The second-order valence-corrected chi connectivity index (χ2v) is 18.4. The van der Waals surface area contributed by atoms with E-state index in [1.807, 2.05) is 68.4 Å². The van der Waals surface area contributed by atoms with E-state index < -0.39 is 30.0 Å². The van der Waals surface area contributed by atoms with Crippen LogP contribution in [-0.2, 0) is 26.8 Å². The predicted molar refractivity (Wildman–Crippen MR) is 262 cm³/mol. The Labute approximate surface area is 395 Å². The van der Waals surface area contributed by atoms with Crippen molar-refractivity contribution in [2.45, 2.75) is 37.2 Å². The lowest BCUT2D eigenvalue weighted by molar-refractivity contribution is 0.282. The normalized spacial score (nSPS) is 12.4. The molecular formula is C49H41N9O9S2. The number of fused-ring (bicyclic) bond motifs is 2. The molecule has 8 aromatic carbocycles. The number of aromatic hydroxyl groups is 1. The van der Waals surface area contributed by atoms with E-state index in [0.717, 1.165) is 46.1 Å². The Morgan fingerprint density at radius 3 is 1.78 bits per heavy atom. The second-order valence-electron chi connectivity index (χ2n) is 15.6. The Bertz CT molecular complexity index is 3680. The van der Waals surface area contributed by atoms with Crippen molar-refractivity contribution in [2.75, 3.05) is 12.4 Å². The number of rotatable bonds is 14. The third-order valence-electron chi connectivity index (χ3n) is 10.8. The fraction of sp³-hybridized carbons (Fsp3) is 0.102. The van der Waals surface area contributed by atoms with Crippen LogP contribution in [0.15, 0.2) is 184 Å². The molecule has 0 atom stereocenters. The van der Waals surface area contributed by atoms with Crippen LogP contribution in [0, 0.1) is 20.8 Å². The Balaban J connectivity index is 0.975. The van der Waals surface area contributed by atoms with Crippen LogP contribution in [0.25, 0.3) is 21.5 Å². The Kier molecular flexibility index (Phi) is 13.5. The van der Waals surface area contributed by atoms with E-state index in [1.165, 1.54) is 19.2 Å². The third kappa shape index (κ3) is 10.7. The molecule has 0 aliphatic rings. The van der Waals surface area contributed by atoms with Crippen molar-refractivity contribution in [1.29, 1.82) is 0 Å². The molecule has 0 fully saturated rings. The summed E-state index contributed by atoms with van der Waals surface area (Å²) in [5.41, 5.74) is 6.65. The van der Waals surface area contributed by atoms with E-state index in [4.69, 9.17) is 4.74 Å². The number of phenolic OH excluding ortho intramolecular Hbond substituents is 1. The summed E-state index contributed by atoms with van der Waals surface area (Å²) in [6.07, 6.45) is 0. The first-order valence-electron chi connectivity index (χ1n) is 20.8. The van der Waals surface area contributed by atoms with Gasteiger partial charge < -0.3 is 20.3 Å². The average Bonchev–Trinajstić information content (AvgIpc) is 3.32. The summed E-state index contributed by atoms with van der Waals surface area (Å²) in [5, 5.41) is 60.9. The molecule has 0 amide bonds. The lowest BCUT2D eigenvalue weighted by Crippen LogP contribution is -2.01. The zero-order valence-electron chi connectivity index (χ0n) is 37.1. The number of azo groups is 4. The number of benzene rings is 8. The van der Waals surface area contributed by atoms with Gasteiger partial charge in [0, 0.05) is 33.8 Å². The van der Waals surface area contributed by atoms with Gasteiger partial charge in [0.05, 0.1) is 42.2 Å². The highest BCUT2D eigenvalue weighted by Gasteiger charge is 2.21. The van der Waals surface area contributed by atoms with Crippen LogP contribution in [0.4, 0.5) is 56.9 Å². The number of aryl methyl sites for hydroxylation is 3. The van der Waals surface area contributed by atoms with Crippen molar-refractivity contribution < 1.29 is 40.9 Å². The molecule has 0 aromatic heterocycles. The summed E-state index contributed by atoms with van der Waals surface area (Å²) in [6, 6.07) is 36.6. The fourth-order valence-electron chi connectivity index (χ4n) is 7.23. The second kappa shape index (κ2) is 19.6. The van der Waals surface area contributed by atoms with Gasteiger partial charge >= 0.3 is 0 Å². The summed E-state index contributed by atoms with van der Waals surface area (Å²) in [5.74, 6) is 0.271. The SMILES string of the molecule is COc1cc(N=Nc2cc(C)c(N=Nc3ccc(N=Nc4cc5c(S(=O)(=O)O)cccc5cc4S(=O)(=O)O)c(C)c3)cc2C)c(CO)cc1N=Nc1ccc2cc(Nc3ccccc3)ccc2c1O. The molecule has 5 N–H and O–H groups in total. The van der Waals surface area contributed by atoms with Crippen LogP contribution in [0.2, 0.25) is 0 Å². The smallest absolute Gasteiger partial charge is 0.296 e. The maximum atomic E-state index is 12.2. The summed E-state index contributed by atoms with van der Waals surface area (Å²) in [4.78, 5) is -1.08. The standard InChI is InChI=1S/C49H41N9O9S2/c1-28-19-36(15-18-39(28)52-58-45-25-38-31(24-48(45)69(64,65)66)9-8-12-47(38)68(61,62)63)51-54-41-20-30(3)42(21-29(41)2)55-56-43-26-46(67-4)44(23-33(43)27-59)57-53-40-17-13-32-22-35(14-16-37(32)49(40)60)50-34-10-6-5-7-11-34/h5-26,50,59-60H,27H2,1-4H3,(H,61,62,63)(H,64,65,66). The summed E-state index contributed by atoms with van der Waals surface area (Å²) >= 11 is 0. The minimum atomic E-state index is -4.81. The van der Waals surface area contributed by atoms with E-state index in [2.05, 4.69) is 46.2 Å². The van der Waals surface area contributed by atoms with Gasteiger partial charge in [-0.3, -0.25) is 9.11 Å². The summed E-state index contributed by atoms with van der Waals surface area (Å²) in [6.45, 7) is 5.01. The molecule has 0 saturated heterocycles. The van der Waals surface area contributed by atoms with E-state index in [0.29, 0.717) is 56.4 Å². The van der Waals surface area contributed by atoms with E-state index in [1.54, 1.807) is 55.5 Å². The quantitative estimate of drug-likeness (QED) is 0.0508. The van der Waals surface area contributed by atoms with Crippen LogP contribution in [0.3, 0.4) is 0 Å². The van der Waals surface area contributed by atoms with Crippen LogP contribution in [-0.4, -0.2) is 43.3 Å². The number of hydrogen-bond donors (Lipinski definition) is 5. The monoisotopic (exact) mass is 963 g/mol. The minimum absolute atomic E-state index is 0.0221. The Hall–Kier alpha value is -8.14. The van der Waals surface area contributed by atoms with Crippen molar-refractivity contribution in [2.24, 2.45) is 40.9 Å². The molecule has 69 heavy (non-hydrogen) atoms. The topological polar surface area (TPSA) is 269 Å². The molecule has 0 unspecified atom stereocenters.